The van der Waals surface area contributed by atoms with Crippen LogP contribution in [0.2, 0.25) is 0 Å². The smallest absolute Gasteiger partial charge is 0.152 e. The first kappa shape index (κ1) is 22.0. The zero-order valence-electron chi connectivity index (χ0n) is 19.5. The van der Waals surface area contributed by atoms with Gasteiger partial charge in [0, 0.05) is 24.2 Å². The Hall–Kier alpha value is -3.84. The van der Waals surface area contributed by atoms with Gasteiger partial charge in [-0.05, 0) is 60.7 Å². The number of methoxy groups -OCH3 is 2. The van der Waals surface area contributed by atoms with Crippen LogP contribution in [0.3, 0.4) is 0 Å². The normalized spacial score (nSPS) is 13.0. The quantitative estimate of drug-likeness (QED) is 0.297. The van der Waals surface area contributed by atoms with Gasteiger partial charge in [-0.3, -0.25) is 10.1 Å². The molecular weight excluding hydrogens is 426 g/mol. The Morgan fingerprint density at radius 3 is 2.47 bits per heavy atom. The van der Waals surface area contributed by atoms with E-state index >= 15 is 0 Å². The van der Waals surface area contributed by atoms with Gasteiger partial charge in [0.15, 0.2) is 5.82 Å². The summed E-state index contributed by atoms with van der Waals surface area (Å²) < 4.78 is 10.8. The molecule has 7 nitrogen and oxygen atoms in total. The van der Waals surface area contributed by atoms with Crippen molar-refractivity contribution in [3.05, 3.63) is 72.6 Å². The molecule has 174 valence electrons. The molecule has 0 spiro atoms. The van der Waals surface area contributed by atoms with E-state index in [0.717, 1.165) is 70.1 Å². The van der Waals surface area contributed by atoms with Gasteiger partial charge in [-0.2, -0.15) is 5.10 Å². The molecule has 2 aromatic carbocycles. The Morgan fingerprint density at radius 1 is 0.941 bits per heavy atom. The number of hydrogen-bond donors (Lipinski definition) is 3. The monoisotopic (exact) mass is 455 g/mol. The Kier molecular flexibility index (Phi) is 6.44. The fourth-order valence-corrected chi connectivity index (χ4v) is 3.88. The number of ether oxygens (including phenoxy) is 2. The van der Waals surface area contributed by atoms with Gasteiger partial charge >= 0.3 is 0 Å². The molecule has 1 aliphatic carbocycles. The molecule has 34 heavy (non-hydrogen) atoms. The summed E-state index contributed by atoms with van der Waals surface area (Å²) in [6.07, 6.45) is 4.56. The largest absolute Gasteiger partial charge is 0.497 e. The third kappa shape index (κ3) is 5.21. The molecule has 0 atom stereocenters. The van der Waals surface area contributed by atoms with Gasteiger partial charge in [-0.15, -0.1) is 0 Å². The van der Waals surface area contributed by atoms with Gasteiger partial charge in [0.2, 0.25) is 0 Å². The second kappa shape index (κ2) is 9.97. The van der Waals surface area contributed by atoms with E-state index in [1.165, 1.54) is 12.8 Å². The first-order valence-electron chi connectivity index (χ1n) is 11.5. The minimum atomic E-state index is 0.748. The maximum atomic E-state index is 5.54. The number of aromatic amines is 1. The summed E-state index contributed by atoms with van der Waals surface area (Å²) >= 11 is 0. The highest BCUT2D eigenvalue weighted by Crippen LogP contribution is 2.34. The summed E-state index contributed by atoms with van der Waals surface area (Å²) in [6, 6.07) is 20.2. The van der Waals surface area contributed by atoms with Gasteiger partial charge in [-0.25, -0.2) is 0 Å². The predicted octanol–water partition coefficient (Wildman–Crippen LogP) is 5.40. The van der Waals surface area contributed by atoms with Crippen LogP contribution < -0.4 is 20.1 Å². The van der Waals surface area contributed by atoms with Crippen LogP contribution in [0.15, 0.2) is 66.9 Å². The average Bonchev–Trinajstić information content (AvgIpc) is 3.60. The lowest BCUT2D eigenvalue weighted by molar-refractivity contribution is 0.395. The highest BCUT2D eigenvalue weighted by Gasteiger charge is 2.20. The molecule has 2 aromatic heterocycles. The van der Waals surface area contributed by atoms with Gasteiger partial charge in [0.25, 0.3) is 0 Å². The highest BCUT2D eigenvalue weighted by molar-refractivity contribution is 5.75. The molecule has 0 amide bonds. The van der Waals surface area contributed by atoms with E-state index in [4.69, 9.17) is 9.47 Å². The standard InChI is InChI=1S/C27H29N5O2/c1-33-23-11-12-24(26(13-23)34-2)19-5-7-20(8-6-19)25-14-27(32-31-25)30-22-10-9-21(29-17-22)16-28-15-18-3-4-18/h5-14,17-18,28H,3-4,15-16H2,1-2H3,(H2,30,31,32). The number of rotatable bonds is 10. The van der Waals surface area contributed by atoms with Crippen LogP contribution in [0.1, 0.15) is 18.5 Å². The van der Waals surface area contributed by atoms with Crippen molar-refractivity contribution in [1.29, 1.82) is 0 Å². The summed E-state index contributed by atoms with van der Waals surface area (Å²) in [5.41, 5.74) is 6.02. The van der Waals surface area contributed by atoms with Crippen molar-refractivity contribution < 1.29 is 9.47 Å². The van der Waals surface area contributed by atoms with Crippen LogP contribution in [-0.4, -0.2) is 35.9 Å². The van der Waals surface area contributed by atoms with E-state index in [0.29, 0.717) is 0 Å². The van der Waals surface area contributed by atoms with Crippen molar-refractivity contribution in [3.63, 3.8) is 0 Å². The number of benzene rings is 2. The maximum absolute atomic E-state index is 5.54. The minimum absolute atomic E-state index is 0.748. The molecule has 2 heterocycles. The van der Waals surface area contributed by atoms with Gasteiger partial charge in [-0.1, -0.05) is 24.3 Å². The number of H-pyrrole nitrogens is 1. The average molecular weight is 456 g/mol. The van der Waals surface area contributed by atoms with E-state index in [9.17, 15) is 0 Å². The Morgan fingerprint density at radius 2 is 1.76 bits per heavy atom. The summed E-state index contributed by atoms with van der Waals surface area (Å²) in [4.78, 5) is 4.54. The summed E-state index contributed by atoms with van der Waals surface area (Å²) in [7, 11) is 3.32. The molecule has 0 bridgehead atoms. The fourth-order valence-electron chi connectivity index (χ4n) is 3.88. The molecule has 0 radical (unpaired) electrons. The zero-order chi connectivity index (χ0) is 23.3. The van der Waals surface area contributed by atoms with Gasteiger partial charge in [0.1, 0.15) is 11.5 Å². The second-order valence-electron chi connectivity index (χ2n) is 8.55. The topological polar surface area (TPSA) is 84.1 Å². The zero-order valence-corrected chi connectivity index (χ0v) is 19.5. The predicted molar refractivity (Wildman–Crippen MR) is 135 cm³/mol. The molecule has 1 fully saturated rings. The van der Waals surface area contributed by atoms with Crippen LogP contribution in [-0.2, 0) is 6.54 Å². The van der Waals surface area contributed by atoms with Crippen LogP contribution in [0, 0.1) is 5.92 Å². The van der Waals surface area contributed by atoms with Crippen molar-refractivity contribution in [2.24, 2.45) is 5.92 Å². The lowest BCUT2D eigenvalue weighted by Gasteiger charge is -2.11. The van der Waals surface area contributed by atoms with E-state index < -0.39 is 0 Å². The molecular formula is C27H29N5O2. The van der Waals surface area contributed by atoms with E-state index in [1.54, 1.807) is 14.2 Å². The Balaban J connectivity index is 1.23. The van der Waals surface area contributed by atoms with Crippen LogP contribution in [0.25, 0.3) is 22.4 Å². The van der Waals surface area contributed by atoms with Crippen LogP contribution in [0.5, 0.6) is 11.5 Å². The van der Waals surface area contributed by atoms with Crippen molar-refractivity contribution in [2.45, 2.75) is 19.4 Å². The van der Waals surface area contributed by atoms with Crippen molar-refractivity contribution >= 4 is 11.5 Å². The summed E-state index contributed by atoms with van der Waals surface area (Å²) in [5.74, 6) is 3.16. The molecule has 0 unspecified atom stereocenters. The Labute approximate surface area is 199 Å². The van der Waals surface area contributed by atoms with Crippen LogP contribution in [0.4, 0.5) is 11.5 Å². The summed E-state index contributed by atoms with van der Waals surface area (Å²) in [5, 5.41) is 14.3. The van der Waals surface area contributed by atoms with Crippen molar-refractivity contribution in [3.8, 4) is 33.9 Å². The van der Waals surface area contributed by atoms with Crippen LogP contribution >= 0.6 is 0 Å². The lowest BCUT2D eigenvalue weighted by Crippen LogP contribution is -2.16. The number of aromatic nitrogens is 3. The maximum Gasteiger partial charge on any atom is 0.152 e. The number of nitrogens with one attached hydrogen (secondary N) is 3. The number of hydrogen-bond acceptors (Lipinski definition) is 6. The highest BCUT2D eigenvalue weighted by atomic mass is 16.5. The van der Waals surface area contributed by atoms with E-state index in [-0.39, 0.29) is 0 Å². The third-order valence-electron chi connectivity index (χ3n) is 6.03. The van der Waals surface area contributed by atoms with E-state index in [1.807, 2.05) is 42.6 Å². The SMILES string of the molecule is COc1ccc(-c2ccc(-c3cc(Nc4ccc(CNCC5CC5)nc4)n[nH]3)cc2)c(OC)c1. The molecule has 0 aliphatic heterocycles. The number of nitrogens with zero attached hydrogens (tertiary/aromatic N) is 2. The number of pyridine rings is 1. The van der Waals surface area contributed by atoms with Crippen molar-refractivity contribution in [2.75, 3.05) is 26.1 Å². The van der Waals surface area contributed by atoms with Gasteiger partial charge < -0.3 is 20.1 Å². The molecule has 7 heteroatoms. The first-order valence-corrected chi connectivity index (χ1v) is 11.5. The molecule has 4 aromatic rings. The molecule has 1 saturated carbocycles. The summed E-state index contributed by atoms with van der Waals surface area (Å²) in [6.45, 7) is 1.90. The second-order valence-corrected chi connectivity index (χ2v) is 8.55. The third-order valence-corrected chi connectivity index (χ3v) is 6.03. The van der Waals surface area contributed by atoms with Gasteiger partial charge in [0.05, 0.1) is 37.5 Å². The van der Waals surface area contributed by atoms with Crippen molar-refractivity contribution in [1.82, 2.24) is 20.5 Å². The minimum Gasteiger partial charge on any atom is -0.497 e. The fraction of sp³-hybridized carbons (Fsp3) is 0.259. The molecule has 3 N–H and O–H groups in total. The molecule has 1 aliphatic rings. The first-order chi connectivity index (χ1) is 16.7. The Bertz CT molecular complexity index is 1230. The lowest BCUT2D eigenvalue weighted by atomic mass is 10.0. The van der Waals surface area contributed by atoms with E-state index in [2.05, 4.69) is 50.1 Å². The number of anilines is 2. The molecule has 0 saturated heterocycles. The molecule has 5 rings (SSSR count).